The minimum absolute atomic E-state index is 0.0675. The number of ether oxygens (including phenoxy) is 1. The fraction of sp³-hybridized carbons (Fsp3) is 0.571. The van der Waals surface area contributed by atoms with Crippen LogP contribution in [0.25, 0.3) is 0 Å². The summed E-state index contributed by atoms with van der Waals surface area (Å²) in [5.74, 6) is 0.476. The van der Waals surface area contributed by atoms with Gasteiger partial charge in [-0.2, -0.15) is 0 Å². The van der Waals surface area contributed by atoms with Crippen LogP contribution in [0.4, 0.5) is 4.39 Å². The summed E-state index contributed by atoms with van der Waals surface area (Å²) in [5.41, 5.74) is 0.887. The molecule has 1 aliphatic carbocycles. The van der Waals surface area contributed by atoms with Gasteiger partial charge in [-0.3, -0.25) is 0 Å². The summed E-state index contributed by atoms with van der Waals surface area (Å²) in [6.07, 6.45) is 4.72. The first-order chi connectivity index (χ1) is 8.26. The molecule has 0 aliphatic heterocycles. The molecular formula is C14H19FO2. The van der Waals surface area contributed by atoms with Crippen LogP contribution in [0, 0.1) is 11.7 Å². The van der Waals surface area contributed by atoms with Gasteiger partial charge in [-0.05, 0) is 36.5 Å². The van der Waals surface area contributed by atoms with E-state index in [1.54, 1.807) is 6.07 Å². The van der Waals surface area contributed by atoms with E-state index in [0.717, 1.165) is 18.4 Å². The molecule has 0 bridgehead atoms. The normalized spacial score (nSPS) is 18.3. The zero-order valence-electron chi connectivity index (χ0n) is 10.2. The Balaban J connectivity index is 2.21. The summed E-state index contributed by atoms with van der Waals surface area (Å²) in [7, 11) is 1.46. The molecule has 1 fully saturated rings. The van der Waals surface area contributed by atoms with Gasteiger partial charge in [-0.1, -0.05) is 18.9 Å². The van der Waals surface area contributed by atoms with E-state index in [4.69, 9.17) is 4.74 Å². The van der Waals surface area contributed by atoms with Crippen molar-refractivity contribution in [1.82, 2.24) is 0 Å². The molecule has 0 spiro atoms. The molecule has 1 N–H and O–H groups in total. The van der Waals surface area contributed by atoms with Crippen LogP contribution in [0.5, 0.6) is 5.75 Å². The first kappa shape index (κ1) is 12.4. The fourth-order valence-electron chi connectivity index (χ4n) is 2.80. The number of halogens is 1. The van der Waals surface area contributed by atoms with Crippen molar-refractivity contribution in [2.45, 2.75) is 31.6 Å². The number of hydrogen-bond donors (Lipinski definition) is 1. The van der Waals surface area contributed by atoms with Crippen molar-refractivity contribution in [1.29, 1.82) is 0 Å². The Morgan fingerprint density at radius 3 is 2.65 bits per heavy atom. The van der Waals surface area contributed by atoms with Gasteiger partial charge in [-0.25, -0.2) is 4.39 Å². The van der Waals surface area contributed by atoms with Crippen molar-refractivity contribution < 1.29 is 14.2 Å². The minimum Gasteiger partial charge on any atom is -0.494 e. The van der Waals surface area contributed by atoms with Crippen molar-refractivity contribution in [3.05, 3.63) is 29.6 Å². The van der Waals surface area contributed by atoms with Crippen LogP contribution in [-0.4, -0.2) is 18.8 Å². The Kier molecular flexibility index (Phi) is 4.00. The van der Waals surface area contributed by atoms with E-state index in [0.29, 0.717) is 5.92 Å². The van der Waals surface area contributed by atoms with Crippen LogP contribution in [0.1, 0.15) is 37.2 Å². The molecule has 3 heteroatoms. The second-order valence-corrected chi connectivity index (χ2v) is 4.73. The van der Waals surface area contributed by atoms with Crippen molar-refractivity contribution >= 4 is 0 Å². The second-order valence-electron chi connectivity index (χ2n) is 4.73. The SMILES string of the molecule is COc1ccc(C(CO)C2CCCC2)cc1F. The lowest BCUT2D eigenvalue weighted by Gasteiger charge is -2.22. The van der Waals surface area contributed by atoms with E-state index < -0.39 is 0 Å². The fourth-order valence-corrected chi connectivity index (χ4v) is 2.80. The predicted octanol–water partition coefficient (Wildman–Crippen LogP) is 3.10. The third-order valence-corrected chi connectivity index (χ3v) is 3.77. The Labute approximate surface area is 101 Å². The molecule has 0 heterocycles. The first-order valence-electron chi connectivity index (χ1n) is 6.20. The lowest BCUT2D eigenvalue weighted by Crippen LogP contribution is -2.14. The largest absolute Gasteiger partial charge is 0.494 e. The Hall–Kier alpha value is -1.09. The molecule has 94 valence electrons. The van der Waals surface area contributed by atoms with Crippen molar-refractivity contribution in [3.8, 4) is 5.75 Å². The van der Waals surface area contributed by atoms with Gasteiger partial charge in [0.2, 0.25) is 0 Å². The summed E-state index contributed by atoms with van der Waals surface area (Å²) in [6, 6.07) is 5.00. The average Bonchev–Trinajstić information content (AvgIpc) is 2.84. The molecule has 0 amide bonds. The summed E-state index contributed by atoms with van der Waals surface area (Å²) in [6.45, 7) is 0.0937. The monoisotopic (exact) mass is 238 g/mol. The third-order valence-electron chi connectivity index (χ3n) is 3.77. The molecule has 2 rings (SSSR count). The third kappa shape index (κ3) is 2.60. The molecular weight excluding hydrogens is 219 g/mol. The average molecular weight is 238 g/mol. The van der Waals surface area contributed by atoms with E-state index in [1.807, 2.05) is 6.07 Å². The number of benzene rings is 1. The van der Waals surface area contributed by atoms with Gasteiger partial charge in [0.25, 0.3) is 0 Å². The van der Waals surface area contributed by atoms with Gasteiger partial charge < -0.3 is 9.84 Å². The van der Waals surface area contributed by atoms with Crippen LogP contribution in [0.15, 0.2) is 18.2 Å². The molecule has 17 heavy (non-hydrogen) atoms. The van der Waals surface area contributed by atoms with Crippen molar-refractivity contribution in [3.63, 3.8) is 0 Å². The summed E-state index contributed by atoms with van der Waals surface area (Å²) < 4.78 is 18.5. The molecule has 1 aromatic rings. The second kappa shape index (κ2) is 5.50. The van der Waals surface area contributed by atoms with Crippen molar-refractivity contribution in [2.75, 3.05) is 13.7 Å². The Morgan fingerprint density at radius 2 is 2.12 bits per heavy atom. The highest BCUT2D eigenvalue weighted by molar-refractivity contribution is 5.31. The van der Waals surface area contributed by atoms with E-state index >= 15 is 0 Å². The molecule has 0 radical (unpaired) electrons. The Morgan fingerprint density at radius 1 is 1.41 bits per heavy atom. The van der Waals surface area contributed by atoms with Crippen LogP contribution in [0.2, 0.25) is 0 Å². The van der Waals surface area contributed by atoms with E-state index in [-0.39, 0.29) is 24.1 Å². The smallest absolute Gasteiger partial charge is 0.165 e. The van der Waals surface area contributed by atoms with Crippen molar-refractivity contribution in [2.24, 2.45) is 5.92 Å². The molecule has 0 saturated heterocycles. The van der Waals surface area contributed by atoms with Gasteiger partial charge in [0.15, 0.2) is 11.6 Å². The zero-order chi connectivity index (χ0) is 12.3. The predicted molar refractivity (Wildman–Crippen MR) is 64.7 cm³/mol. The molecule has 1 saturated carbocycles. The zero-order valence-corrected chi connectivity index (χ0v) is 10.2. The maximum atomic E-state index is 13.6. The molecule has 1 atom stereocenters. The minimum atomic E-state index is -0.346. The van der Waals surface area contributed by atoms with Crippen LogP contribution in [0.3, 0.4) is 0 Å². The van der Waals surface area contributed by atoms with Crippen LogP contribution >= 0.6 is 0 Å². The highest BCUT2D eigenvalue weighted by Gasteiger charge is 2.26. The topological polar surface area (TPSA) is 29.5 Å². The Bertz CT molecular complexity index is 372. The number of aliphatic hydroxyl groups excluding tert-OH is 1. The summed E-state index contributed by atoms with van der Waals surface area (Å²) in [5, 5.41) is 9.50. The van der Waals surface area contributed by atoms with E-state index in [9.17, 15) is 9.50 Å². The maximum Gasteiger partial charge on any atom is 0.165 e. The van der Waals surface area contributed by atoms with Crippen LogP contribution < -0.4 is 4.74 Å². The quantitative estimate of drug-likeness (QED) is 0.873. The highest BCUT2D eigenvalue weighted by atomic mass is 19.1. The highest BCUT2D eigenvalue weighted by Crippen LogP contribution is 2.37. The lowest BCUT2D eigenvalue weighted by molar-refractivity contribution is 0.225. The number of rotatable bonds is 4. The van der Waals surface area contributed by atoms with Gasteiger partial charge >= 0.3 is 0 Å². The van der Waals surface area contributed by atoms with E-state index in [2.05, 4.69) is 0 Å². The number of methoxy groups -OCH3 is 1. The van der Waals surface area contributed by atoms with Crippen LogP contribution in [-0.2, 0) is 0 Å². The first-order valence-corrected chi connectivity index (χ1v) is 6.20. The number of aliphatic hydroxyl groups is 1. The molecule has 1 unspecified atom stereocenters. The maximum absolute atomic E-state index is 13.6. The van der Waals surface area contributed by atoms with Gasteiger partial charge in [-0.15, -0.1) is 0 Å². The van der Waals surface area contributed by atoms with Gasteiger partial charge in [0, 0.05) is 5.92 Å². The molecule has 2 nitrogen and oxygen atoms in total. The standard InChI is InChI=1S/C14H19FO2/c1-17-14-7-6-11(8-13(14)15)12(9-16)10-4-2-3-5-10/h6-8,10,12,16H,2-5,9H2,1H3. The molecule has 1 aliphatic rings. The lowest BCUT2D eigenvalue weighted by atomic mass is 9.85. The summed E-state index contributed by atoms with van der Waals surface area (Å²) >= 11 is 0. The molecule has 0 aromatic heterocycles. The molecule has 1 aromatic carbocycles. The van der Waals surface area contributed by atoms with Gasteiger partial charge in [0.05, 0.1) is 13.7 Å². The van der Waals surface area contributed by atoms with E-state index in [1.165, 1.54) is 26.0 Å². The van der Waals surface area contributed by atoms with Gasteiger partial charge in [0.1, 0.15) is 0 Å². The number of hydrogen-bond acceptors (Lipinski definition) is 2. The summed E-state index contributed by atoms with van der Waals surface area (Å²) in [4.78, 5) is 0.